The molecule has 1 aromatic rings. The molecule has 0 unspecified atom stereocenters. The van der Waals surface area contributed by atoms with E-state index < -0.39 is 0 Å². The van der Waals surface area contributed by atoms with E-state index in [9.17, 15) is 9.90 Å². The van der Waals surface area contributed by atoms with Gasteiger partial charge in [0.25, 0.3) is 0 Å². The van der Waals surface area contributed by atoms with Crippen molar-refractivity contribution in [3.8, 4) is 5.75 Å². The number of thioether (sulfide) groups is 1. The molecular formula is C13H13I2NO3S2. The van der Waals surface area contributed by atoms with Gasteiger partial charge in [0.15, 0.2) is 5.78 Å². The molecule has 4 nitrogen and oxygen atoms in total. The number of hydrogen-bond donors (Lipinski definition) is 1. The first-order chi connectivity index (χ1) is 9.99. The fraction of sp³-hybridized carbons (Fsp3) is 0.385. The van der Waals surface area contributed by atoms with Crippen molar-refractivity contribution < 1.29 is 14.6 Å². The molecule has 0 saturated carbocycles. The van der Waals surface area contributed by atoms with Crippen LogP contribution in [-0.2, 0) is 4.74 Å². The Morgan fingerprint density at radius 3 is 2.71 bits per heavy atom. The van der Waals surface area contributed by atoms with Crippen molar-refractivity contribution in [3.05, 3.63) is 24.8 Å². The first kappa shape index (κ1) is 17.7. The molecule has 0 spiro atoms. The topological polar surface area (TPSA) is 49.8 Å². The quantitative estimate of drug-likeness (QED) is 0.356. The Kier molecular flexibility index (Phi) is 6.97. The van der Waals surface area contributed by atoms with Crippen molar-refractivity contribution in [2.75, 3.05) is 32.1 Å². The highest BCUT2D eigenvalue weighted by Crippen LogP contribution is 2.28. The van der Waals surface area contributed by atoms with E-state index >= 15 is 0 Å². The number of halogens is 2. The molecule has 1 N–H and O–H groups in total. The van der Waals surface area contributed by atoms with Crippen LogP contribution in [0.1, 0.15) is 10.4 Å². The number of phenolic OH excluding ortho intramolecular Hbond substituents is 1. The molecule has 1 fully saturated rings. The van der Waals surface area contributed by atoms with E-state index in [1.807, 2.05) is 28.7 Å². The zero-order valence-corrected chi connectivity index (χ0v) is 16.9. The number of thiocarbonyl (C=S) groups is 1. The van der Waals surface area contributed by atoms with Crippen LogP contribution in [0.5, 0.6) is 5.75 Å². The third-order valence-electron chi connectivity index (χ3n) is 2.92. The summed E-state index contributed by atoms with van der Waals surface area (Å²) in [7, 11) is 0. The largest absolute Gasteiger partial charge is 0.506 e. The summed E-state index contributed by atoms with van der Waals surface area (Å²) in [6, 6.07) is 3.54. The van der Waals surface area contributed by atoms with Gasteiger partial charge in [-0.1, -0.05) is 24.0 Å². The van der Waals surface area contributed by atoms with Crippen LogP contribution in [-0.4, -0.2) is 52.2 Å². The molecule has 0 aliphatic carbocycles. The maximum atomic E-state index is 12.3. The predicted octanol–water partition coefficient (Wildman–Crippen LogP) is 3.13. The minimum Gasteiger partial charge on any atom is -0.506 e. The highest BCUT2D eigenvalue weighted by Gasteiger charge is 2.18. The van der Waals surface area contributed by atoms with E-state index in [-0.39, 0.29) is 17.3 Å². The molecule has 0 atom stereocenters. The van der Waals surface area contributed by atoms with Crippen LogP contribution in [0.2, 0.25) is 0 Å². The summed E-state index contributed by atoms with van der Waals surface area (Å²) in [5, 5.41) is 10.0. The van der Waals surface area contributed by atoms with Crippen molar-refractivity contribution in [2.24, 2.45) is 0 Å². The third-order valence-corrected chi connectivity index (χ3v) is 5.89. The van der Waals surface area contributed by atoms with Crippen molar-refractivity contribution in [1.29, 1.82) is 0 Å². The molecule has 21 heavy (non-hydrogen) atoms. The molecule has 1 aliphatic heterocycles. The van der Waals surface area contributed by atoms with E-state index in [1.54, 1.807) is 6.07 Å². The standard InChI is InChI=1S/C13H13I2NO3S2/c14-8-5-9(12(18)10(15)6-8)11(17)7-21-13(20)16-1-3-19-4-2-16/h5-6,18H,1-4,7H2. The lowest BCUT2D eigenvalue weighted by Gasteiger charge is -2.28. The lowest BCUT2D eigenvalue weighted by molar-refractivity contribution is 0.0702. The van der Waals surface area contributed by atoms with Gasteiger partial charge in [-0.3, -0.25) is 4.79 Å². The number of phenols is 1. The van der Waals surface area contributed by atoms with Crippen molar-refractivity contribution in [2.45, 2.75) is 0 Å². The number of ketones is 1. The molecule has 1 aliphatic rings. The van der Waals surface area contributed by atoms with Crippen LogP contribution >= 0.6 is 69.2 Å². The molecule has 0 amide bonds. The average molecular weight is 549 g/mol. The number of aromatic hydroxyl groups is 1. The second-order valence-corrected chi connectivity index (χ2v) is 8.38. The smallest absolute Gasteiger partial charge is 0.176 e. The van der Waals surface area contributed by atoms with Gasteiger partial charge < -0.3 is 14.7 Å². The van der Waals surface area contributed by atoms with E-state index in [1.165, 1.54) is 11.8 Å². The maximum absolute atomic E-state index is 12.3. The van der Waals surface area contributed by atoms with Crippen molar-refractivity contribution in [3.63, 3.8) is 0 Å². The number of nitrogens with zero attached hydrogens (tertiary/aromatic N) is 1. The van der Waals surface area contributed by atoms with Gasteiger partial charge in [0.1, 0.15) is 10.1 Å². The number of benzene rings is 1. The van der Waals surface area contributed by atoms with Gasteiger partial charge in [0.05, 0.1) is 28.1 Å². The monoisotopic (exact) mass is 549 g/mol. The van der Waals surface area contributed by atoms with Crippen molar-refractivity contribution >= 4 is 79.3 Å². The van der Waals surface area contributed by atoms with Gasteiger partial charge in [-0.2, -0.15) is 0 Å². The predicted molar refractivity (Wildman–Crippen MR) is 105 cm³/mol. The van der Waals surface area contributed by atoms with Crippen LogP contribution in [0.3, 0.4) is 0 Å². The highest BCUT2D eigenvalue weighted by molar-refractivity contribution is 14.1. The Bertz CT molecular complexity index is 563. The van der Waals surface area contributed by atoms with Gasteiger partial charge in [0.2, 0.25) is 0 Å². The molecule has 0 bridgehead atoms. The number of carbonyl (C=O) groups is 1. The van der Waals surface area contributed by atoms with Gasteiger partial charge in [-0.25, -0.2) is 0 Å². The molecule has 1 saturated heterocycles. The summed E-state index contributed by atoms with van der Waals surface area (Å²) in [4.78, 5) is 14.3. The lowest BCUT2D eigenvalue weighted by Crippen LogP contribution is -2.38. The van der Waals surface area contributed by atoms with E-state index in [2.05, 4.69) is 27.5 Å². The van der Waals surface area contributed by atoms with E-state index in [4.69, 9.17) is 17.0 Å². The van der Waals surface area contributed by atoms with Crippen molar-refractivity contribution in [1.82, 2.24) is 4.90 Å². The minimum absolute atomic E-state index is 0.0545. The Hall–Kier alpha value is 0.350. The van der Waals surface area contributed by atoms with Crippen LogP contribution in [0.4, 0.5) is 0 Å². The minimum atomic E-state index is -0.107. The summed E-state index contributed by atoms with van der Waals surface area (Å²) in [6.45, 7) is 2.88. The molecule has 8 heteroatoms. The van der Waals surface area contributed by atoms with Crippen LogP contribution in [0.15, 0.2) is 12.1 Å². The van der Waals surface area contributed by atoms with E-state index in [0.717, 1.165) is 16.7 Å². The maximum Gasteiger partial charge on any atom is 0.176 e. The highest BCUT2D eigenvalue weighted by atomic mass is 127. The fourth-order valence-corrected chi connectivity index (χ4v) is 4.80. The molecule has 2 rings (SSSR count). The average Bonchev–Trinajstić information content (AvgIpc) is 2.49. The summed E-state index contributed by atoms with van der Waals surface area (Å²) in [5.41, 5.74) is 0.364. The fourth-order valence-electron chi connectivity index (χ4n) is 1.82. The van der Waals surface area contributed by atoms with Gasteiger partial charge >= 0.3 is 0 Å². The van der Waals surface area contributed by atoms with Gasteiger partial charge in [0, 0.05) is 16.7 Å². The van der Waals surface area contributed by atoms with Crippen LogP contribution in [0.25, 0.3) is 0 Å². The van der Waals surface area contributed by atoms with Crippen LogP contribution < -0.4 is 0 Å². The van der Waals surface area contributed by atoms with Gasteiger partial charge in [-0.05, 0) is 57.3 Å². The first-order valence-corrected chi connectivity index (χ1v) is 9.75. The Morgan fingerprint density at radius 1 is 1.38 bits per heavy atom. The summed E-state index contributed by atoms with van der Waals surface area (Å²) >= 11 is 10.8. The molecule has 1 heterocycles. The Labute approximate surface area is 160 Å². The molecular weight excluding hydrogens is 536 g/mol. The number of Topliss-reactive ketones (excluding diaryl/α,β-unsaturated/α-hetero) is 1. The number of rotatable bonds is 3. The second kappa shape index (κ2) is 8.27. The third kappa shape index (κ3) is 4.91. The van der Waals surface area contributed by atoms with Crippen LogP contribution in [0, 0.1) is 7.14 Å². The summed E-state index contributed by atoms with van der Waals surface area (Å²) in [5.74, 6) is 0.184. The summed E-state index contributed by atoms with van der Waals surface area (Å²) in [6.07, 6.45) is 0. The molecule has 114 valence electrons. The molecule has 0 aromatic heterocycles. The zero-order chi connectivity index (χ0) is 15.4. The zero-order valence-electron chi connectivity index (χ0n) is 11.0. The van der Waals surface area contributed by atoms with E-state index in [0.29, 0.717) is 26.7 Å². The SMILES string of the molecule is O=C(CSC(=S)N1CCOCC1)c1cc(I)cc(I)c1O. The molecule has 0 radical (unpaired) electrons. The number of morpholine rings is 1. The lowest BCUT2D eigenvalue weighted by atomic mass is 10.1. The Morgan fingerprint density at radius 2 is 2.05 bits per heavy atom. The summed E-state index contributed by atoms with van der Waals surface area (Å²) < 4.78 is 7.60. The first-order valence-electron chi connectivity index (χ1n) is 6.19. The normalized spacial score (nSPS) is 15.0. The number of hydrogen-bond acceptors (Lipinski definition) is 5. The van der Waals surface area contributed by atoms with Gasteiger partial charge in [-0.15, -0.1) is 0 Å². The Balaban J connectivity index is 1.97. The number of carbonyl (C=O) groups excluding carboxylic acids is 1. The molecule has 1 aromatic carbocycles. The second-order valence-electron chi connectivity index (χ2n) is 4.36. The number of ether oxygens (including phenoxy) is 1.